The Morgan fingerprint density at radius 3 is 2.46 bits per heavy atom. The number of benzene rings is 2. The van der Waals surface area contributed by atoms with Gasteiger partial charge in [-0.05, 0) is 36.6 Å². The van der Waals surface area contributed by atoms with Gasteiger partial charge in [-0.3, -0.25) is 4.79 Å². The van der Waals surface area contributed by atoms with Crippen LogP contribution in [0.1, 0.15) is 30.1 Å². The van der Waals surface area contributed by atoms with Crippen molar-refractivity contribution < 1.29 is 14.3 Å². The average Bonchev–Trinajstić information content (AvgIpc) is 3.45. The summed E-state index contributed by atoms with van der Waals surface area (Å²) in [6.07, 6.45) is 3.75. The highest BCUT2D eigenvalue weighted by Gasteiger charge is 2.30. The van der Waals surface area contributed by atoms with Gasteiger partial charge in [0, 0.05) is 17.7 Å². The van der Waals surface area contributed by atoms with Crippen LogP contribution in [0.2, 0.25) is 10.0 Å². The van der Waals surface area contributed by atoms with Crippen molar-refractivity contribution in [2.24, 2.45) is 0 Å². The number of ether oxygens (including phenoxy) is 1. The third-order valence-electron chi connectivity index (χ3n) is 3.85. The standard InChI is InChI=1S/C20H17Cl2NO3/c21-16-10-6-13(12-17(16)22)7-11-18(24)26-19(14-4-2-1-3-5-14)20(25)23-15-8-9-15/h1-7,10-12,15,19H,8-9H2,(H,23,25)/b11-7+. The van der Waals surface area contributed by atoms with Gasteiger partial charge in [0.15, 0.2) is 0 Å². The van der Waals surface area contributed by atoms with Gasteiger partial charge in [-0.15, -0.1) is 0 Å². The molecule has 1 fully saturated rings. The molecule has 1 aliphatic rings. The zero-order chi connectivity index (χ0) is 18.5. The summed E-state index contributed by atoms with van der Waals surface area (Å²) < 4.78 is 5.41. The van der Waals surface area contributed by atoms with Crippen molar-refractivity contribution in [3.05, 3.63) is 75.8 Å². The van der Waals surface area contributed by atoms with Gasteiger partial charge in [0.25, 0.3) is 5.91 Å². The second kappa shape index (κ2) is 8.39. The highest BCUT2D eigenvalue weighted by molar-refractivity contribution is 6.42. The lowest BCUT2D eigenvalue weighted by Crippen LogP contribution is -2.33. The molecule has 134 valence electrons. The van der Waals surface area contributed by atoms with Crippen molar-refractivity contribution in [1.29, 1.82) is 0 Å². The summed E-state index contributed by atoms with van der Waals surface area (Å²) in [7, 11) is 0. The van der Waals surface area contributed by atoms with Crippen LogP contribution < -0.4 is 5.32 Å². The van der Waals surface area contributed by atoms with Gasteiger partial charge in [0.05, 0.1) is 10.0 Å². The molecule has 1 saturated carbocycles. The van der Waals surface area contributed by atoms with Crippen LogP contribution in [0.5, 0.6) is 0 Å². The van der Waals surface area contributed by atoms with E-state index in [-0.39, 0.29) is 11.9 Å². The van der Waals surface area contributed by atoms with Crippen LogP contribution in [0, 0.1) is 0 Å². The van der Waals surface area contributed by atoms with Crippen molar-refractivity contribution in [2.45, 2.75) is 25.0 Å². The van der Waals surface area contributed by atoms with Crippen molar-refractivity contribution in [2.75, 3.05) is 0 Å². The van der Waals surface area contributed by atoms with E-state index in [0.29, 0.717) is 21.2 Å². The van der Waals surface area contributed by atoms with Gasteiger partial charge >= 0.3 is 5.97 Å². The van der Waals surface area contributed by atoms with Crippen LogP contribution in [0.25, 0.3) is 6.08 Å². The molecular formula is C20H17Cl2NO3. The van der Waals surface area contributed by atoms with E-state index in [0.717, 1.165) is 12.8 Å². The summed E-state index contributed by atoms with van der Waals surface area (Å²) in [5.41, 5.74) is 1.33. The summed E-state index contributed by atoms with van der Waals surface area (Å²) >= 11 is 11.8. The van der Waals surface area contributed by atoms with Crippen LogP contribution in [-0.2, 0) is 14.3 Å². The maximum Gasteiger partial charge on any atom is 0.331 e. The molecule has 0 spiro atoms. The number of esters is 1. The molecule has 2 aromatic carbocycles. The topological polar surface area (TPSA) is 55.4 Å². The first-order valence-electron chi connectivity index (χ1n) is 8.22. The molecule has 0 saturated heterocycles. The Kier molecular flexibility index (Phi) is 5.96. The molecule has 1 unspecified atom stereocenters. The molecule has 0 bridgehead atoms. The minimum Gasteiger partial charge on any atom is -0.444 e. The number of hydrogen-bond donors (Lipinski definition) is 1. The molecule has 0 aromatic heterocycles. The number of rotatable bonds is 6. The molecule has 1 atom stereocenters. The van der Waals surface area contributed by atoms with E-state index < -0.39 is 12.1 Å². The zero-order valence-corrected chi connectivity index (χ0v) is 15.3. The van der Waals surface area contributed by atoms with Crippen molar-refractivity contribution in [3.63, 3.8) is 0 Å². The van der Waals surface area contributed by atoms with Crippen molar-refractivity contribution >= 4 is 41.2 Å². The van der Waals surface area contributed by atoms with E-state index >= 15 is 0 Å². The summed E-state index contributed by atoms with van der Waals surface area (Å²) in [5.74, 6) is -0.925. The third kappa shape index (κ3) is 5.10. The maximum atomic E-state index is 12.4. The van der Waals surface area contributed by atoms with Crippen LogP contribution in [-0.4, -0.2) is 17.9 Å². The Bertz CT molecular complexity index is 832. The zero-order valence-electron chi connectivity index (χ0n) is 13.8. The molecule has 0 heterocycles. The summed E-state index contributed by atoms with van der Waals surface area (Å²) in [5, 5.41) is 3.71. The molecule has 1 N–H and O–H groups in total. The Labute approximate surface area is 161 Å². The molecule has 6 heteroatoms. The van der Waals surface area contributed by atoms with Crippen LogP contribution >= 0.6 is 23.2 Å². The number of nitrogens with one attached hydrogen (secondary N) is 1. The molecule has 3 rings (SSSR count). The molecular weight excluding hydrogens is 373 g/mol. The number of carbonyl (C=O) groups is 2. The molecule has 4 nitrogen and oxygen atoms in total. The highest BCUT2D eigenvalue weighted by atomic mass is 35.5. The number of halogens is 2. The van der Waals surface area contributed by atoms with Gasteiger partial charge < -0.3 is 10.1 Å². The summed E-state index contributed by atoms with van der Waals surface area (Å²) in [4.78, 5) is 24.7. The fourth-order valence-corrected chi connectivity index (χ4v) is 2.65. The third-order valence-corrected chi connectivity index (χ3v) is 4.59. The van der Waals surface area contributed by atoms with Crippen LogP contribution in [0.15, 0.2) is 54.6 Å². The second-order valence-corrected chi connectivity index (χ2v) is 6.83. The Hall–Kier alpha value is -2.30. The lowest BCUT2D eigenvalue weighted by atomic mass is 10.1. The van der Waals surface area contributed by atoms with Gasteiger partial charge in [-0.2, -0.15) is 0 Å². The molecule has 1 amide bonds. The Morgan fingerprint density at radius 2 is 1.81 bits per heavy atom. The van der Waals surface area contributed by atoms with Gasteiger partial charge in [0.2, 0.25) is 6.10 Å². The molecule has 0 radical (unpaired) electrons. The first-order valence-corrected chi connectivity index (χ1v) is 8.97. The quantitative estimate of drug-likeness (QED) is 0.581. The Morgan fingerprint density at radius 1 is 1.08 bits per heavy atom. The molecule has 26 heavy (non-hydrogen) atoms. The summed E-state index contributed by atoms with van der Waals surface area (Å²) in [6.45, 7) is 0. The minimum atomic E-state index is -0.984. The van der Waals surface area contributed by atoms with Gasteiger partial charge in [0.1, 0.15) is 0 Å². The predicted octanol–water partition coefficient (Wildman–Crippen LogP) is 4.57. The molecule has 2 aromatic rings. The Balaban J connectivity index is 1.70. The summed E-state index contributed by atoms with van der Waals surface area (Å²) in [6, 6.07) is 14.1. The maximum absolute atomic E-state index is 12.4. The molecule has 1 aliphatic carbocycles. The van der Waals surface area contributed by atoms with E-state index in [1.54, 1.807) is 48.5 Å². The van der Waals surface area contributed by atoms with E-state index in [9.17, 15) is 9.59 Å². The first-order chi connectivity index (χ1) is 12.5. The minimum absolute atomic E-state index is 0.180. The smallest absolute Gasteiger partial charge is 0.331 e. The molecule has 0 aliphatic heterocycles. The largest absolute Gasteiger partial charge is 0.444 e. The van der Waals surface area contributed by atoms with Crippen molar-refractivity contribution in [1.82, 2.24) is 5.32 Å². The van der Waals surface area contributed by atoms with E-state index in [1.165, 1.54) is 6.08 Å². The predicted molar refractivity (Wildman–Crippen MR) is 102 cm³/mol. The number of carbonyl (C=O) groups excluding carboxylic acids is 2. The SMILES string of the molecule is O=C(/C=C/c1ccc(Cl)c(Cl)c1)OC(C(=O)NC1CC1)c1ccccc1. The van der Waals surface area contributed by atoms with E-state index in [2.05, 4.69) is 5.32 Å². The van der Waals surface area contributed by atoms with E-state index in [1.807, 2.05) is 6.07 Å². The van der Waals surface area contributed by atoms with E-state index in [4.69, 9.17) is 27.9 Å². The fraction of sp³-hybridized carbons (Fsp3) is 0.200. The first kappa shape index (κ1) is 18.5. The average molecular weight is 390 g/mol. The monoisotopic (exact) mass is 389 g/mol. The number of hydrogen-bond acceptors (Lipinski definition) is 3. The second-order valence-electron chi connectivity index (χ2n) is 6.02. The lowest BCUT2D eigenvalue weighted by molar-refractivity contribution is -0.151. The van der Waals surface area contributed by atoms with Crippen LogP contribution in [0.4, 0.5) is 0 Å². The van der Waals surface area contributed by atoms with Gasteiger partial charge in [-0.25, -0.2) is 4.79 Å². The van der Waals surface area contributed by atoms with Gasteiger partial charge in [-0.1, -0.05) is 59.6 Å². The highest BCUT2D eigenvalue weighted by Crippen LogP contribution is 2.24. The van der Waals surface area contributed by atoms with Crippen LogP contribution in [0.3, 0.4) is 0 Å². The lowest BCUT2D eigenvalue weighted by Gasteiger charge is -2.17. The fourth-order valence-electron chi connectivity index (χ4n) is 2.34. The number of amides is 1. The van der Waals surface area contributed by atoms with Crippen molar-refractivity contribution in [3.8, 4) is 0 Å². The normalized spacial score (nSPS) is 14.8.